The van der Waals surface area contributed by atoms with Crippen LogP contribution in [0, 0.1) is 12.3 Å². The molecule has 0 saturated carbocycles. The maximum atomic E-state index is 11.0. The maximum absolute atomic E-state index is 11.0. The Bertz CT molecular complexity index is 462. The van der Waals surface area contributed by atoms with Gasteiger partial charge in [-0.25, -0.2) is 4.79 Å². The summed E-state index contributed by atoms with van der Waals surface area (Å²) in [7, 11) is 0. The highest BCUT2D eigenvalue weighted by Gasteiger charge is 2.24. The Morgan fingerprint density at radius 3 is 2.79 bits per heavy atom. The number of furan rings is 1. The van der Waals surface area contributed by atoms with Crippen LogP contribution in [0.1, 0.15) is 55.0 Å². The highest BCUT2D eigenvalue weighted by molar-refractivity contribution is 5.86. The van der Waals surface area contributed by atoms with E-state index in [1.165, 1.54) is 19.3 Å². The van der Waals surface area contributed by atoms with Crippen molar-refractivity contribution in [1.29, 1.82) is 0 Å². The first-order valence-corrected chi connectivity index (χ1v) is 6.92. The van der Waals surface area contributed by atoms with E-state index in [1.54, 1.807) is 6.92 Å². The Morgan fingerprint density at radius 1 is 1.42 bits per heavy atom. The molecule has 1 aliphatic heterocycles. The molecule has 0 bridgehead atoms. The Balaban J connectivity index is 2.01. The molecule has 0 spiro atoms. The predicted molar refractivity (Wildman–Crippen MR) is 73.3 cm³/mol. The largest absolute Gasteiger partial charge is 0.475 e. The van der Waals surface area contributed by atoms with Crippen molar-refractivity contribution in [3.05, 3.63) is 23.2 Å². The quantitative estimate of drug-likeness (QED) is 0.911. The number of nitrogens with zero attached hydrogens (tertiary/aromatic N) is 1. The van der Waals surface area contributed by atoms with Gasteiger partial charge in [0.1, 0.15) is 5.76 Å². The molecule has 1 saturated heterocycles. The third kappa shape index (κ3) is 3.60. The van der Waals surface area contributed by atoms with E-state index in [2.05, 4.69) is 18.7 Å². The second-order valence-corrected chi connectivity index (χ2v) is 6.32. The van der Waals surface area contributed by atoms with E-state index in [1.807, 2.05) is 6.07 Å². The standard InChI is InChI=1S/C15H23NO3/c1-11-9-12(19-13(11)14(17)18)10-16-7-4-5-15(2,3)6-8-16/h9H,4-8,10H2,1-3H3,(H,17,18). The van der Waals surface area contributed by atoms with Crippen LogP contribution < -0.4 is 0 Å². The van der Waals surface area contributed by atoms with Crippen LogP contribution in [0.2, 0.25) is 0 Å². The van der Waals surface area contributed by atoms with Crippen molar-refractivity contribution in [3.8, 4) is 0 Å². The zero-order valence-electron chi connectivity index (χ0n) is 12.0. The molecule has 0 radical (unpaired) electrons. The molecule has 106 valence electrons. The molecule has 0 aromatic carbocycles. The maximum Gasteiger partial charge on any atom is 0.372 e. The van der Waals surface area contributed by atoms with Gasteiger partial charge in [0, 0.05) is 5.56 Å². The molecule has 0 unspecified atom stereocenters. The second-order valence-electron chi connectivity index (χ2n) is 6.32. The third-order valence-corrected chi connectivity index (χ3v) is 3.98. The highest BCUT2D eigenvalue weighted by atomic mass is 16.4. The molecular weight excluding hydrogens is 242 g/mol. The molecule has 1 aromatic rings. The van der Waals surface area contributed by atoms with E-state index in [4.69, 9.17) is 9.52 Å². The SMILES string of the molecule is Cc1cc(CN2CCCC(C)(C)CC2)oc1C(=O)O. The fourth-order valence-electron chi connectivity index (χ4n) is 2.70. The average Bonchev–Trinajstić information content (AvgIpc) is 2.57. The lowest BCUT2D eigenvalue weighted by Crippen LogP contribution is -2.24. The van der Waals surface area contributed by atoms with Gasteiger partial charge in [0.15, 0.2) is 0 Å². The molecule has 1 fully saturated rings. The van der Waals surface area contributed by atoms with Crippen molar-refractivity contribution >= 4 is 5.97 Å². The minimum Gasteiger partial charge on any atom is -0.475 e. The van der Waals surface area contributed by atoms with Gasteiger partial charge < -0.3 is 9.52 Å². The molecule has 4 heteroatoms. The summed E-state index contributed by atoms with van der Waals surface area (Å²) in [6.45, 7) is 9.24. The Hall–Kier alpha value is -1.29. The fraction of sp³-hybridized carbons (Fsp3) is 0.667. The van der Waals surface area contributed by atoms with Crippen LogP contribution in [0.25, 0.3) is 0 Å². The van der Waals surface area contributed by atoms with Crippen molar-refractivity contribution in [2.24, 2.45) is 5.41 Å². The summed E-state index contributed by atoms with van der Waals surface area (Å²) in [4.78, 5) is 13.3. The number of aryl methyl sites for hydroxylation is 1. The molecule has 2 heterocycles. The molecule has 1 aliphatic rings. The van der Waals surface area contributed by atoms with Crippen molar-refractivity contribution in [2.75, 3.05) is 13.1 Å². The summed E-state index contributed by atoms with van der Waals surface area (Å²) in [5.41, 5.74) is 1.12. The van der Waals surface area contributed by atoms with Crippen LogP contribution in [-0.2, 0) is 6.54 Å². The van der Waals surface area contributed by atoms with Gasteiger partial charge in [0.05, 0.1) is 6.54 Å². The monoisotopic (exact) mass is 265 g/mol. The Kier molecular flexibility index (Phi) is 3.99. The molecule has 0 amide bonds. The lowest BCUT2D eigenvalue weighted by molar-refractivity contribution is 0.0657. The lowest BCUT2D eigenvalue weighted by Gasteiger charge is -2.22. The van der Waals surface area contributed by atoms with E-state index in [0.717, 1.165) is 18.8 Å². The molecule has 1 aromatic heterocycles. The van der Waals surface area contributed by atoms with Crippen molar-refractivity contribution in [2.45, 2.75) is 46.6 Å². The highest BCUT2D eigenvalue weighted by Crippen LogP contribution is 2.30. The Morgan fingerprint density at radius 2 is 2.16 bits per heavy atom. The molecule has 1 N–H and O–H groups in total. The number of carboxylic acids is 1. The topological polar surface area (TPSA) is 53.7 Å². The lowest BCUT2D eigenvalue weighted by atomic mass is 9.85. The average molecular weight is 265 g/mol. The van der Waals surface area contributed by atoms with Gasteiger partial charge in [-0.05, 0) is 50.8 Å². The van der Waals surface area contributed by atoms with Crippen molar-refractivity contribution < 1.29 is 14.3 Å². The van der Waals surface area contributed by atoms with Gasteiger partial charge in [-0.15, -0.1) is 0 Å². The summed E-state index contributed by atoms with van der Waals surface area (Å²) >= 11 is 0. The van der Waals surface area contributed by atoms with Crippen LogP contribution in [-0.4, -0.2) is 29.1 Å². The summed E-state index contributed by atoms with van der Waals surface area (Å²) in [5, 5.41) is 8.99. The van der Waals surface area contributed by atoms with Crippen LogP contribution in [0.4, 0.5) is 0 Å². The number of carboxylic acid groups (broad SMARTS) is 1. The van der Waals surface area contributed by atoms with Gasteiger partial charge in [-0.3, -0.25) is 4.90 Å². The smallest absolute Gasteiger partial charge is 0.372 e. The molecule has 19 heavy (non-hydrogen) atoms. The minimum atomic E-state index is -0.985. The predicted octanol–water partition coefficient (Wildman–Crippen LogP) is 3.30. The van der Waals surface area contributed by atoms with Crippen LogP contribution in [0.15, 0.2) is 10.5 Å². The van der Waals surface area contributed by atoms with E-state index < -0.39 is 5.97 Å². The fourth-order valence-corrected chi connectivity index (χ4v) is 2.70. The first kappa shape index (κ1) is 14.1. The number of aromatic carboxylic acids is 1. The molecule has 2 rings (SSSR count). The van der Waals surface area contributed by atoms with E-state index in [9.17, 15) is 4.79 Å². The van der Waals surface area contributed by atoms with Gasteiger partial charge in [0.25, 0.3) is 0 Å². The van der Waals surface area contributed by atoms with E-state index in [0.29, 0.717) is 17.5 Å². The van der Waals surface area contributed by atoms with Crippen LogP contribution in [0.5, 0.6) is 0 Å². The van der Waals surface area contributed by atoms with Gasteiger partial charge >= 0.3 is 5.97 Å². The molecule has 0 atom stereocenters. The van der Waals surface area contributed by atoms with Gasteiger partial charge in [0.2, 0.25) is 5.76 Å². The summed E-state index contributed by atoms with van der Waals surface area (Å²) in [5.74, 6) is -0.152. The third-order valence-electron chi connectivity index (χ3n) is 3.98. The van der Waals surface area contributed by atoms with Gasteiger partial charge in [-0.1, -0.05) is 13.8 Å². The second kappa shape index (κ2) is 5.37. The number of hydrogen-bond donors (Lipinski definition) is 1. The van der Waals surface area contributed by atoms with Crippen molar-refractivity contribution in [1.82, 2.24) is 4.90 Å². The number of carbonyl (C=O) groups is 1. The first-order valence-electron chi connectivity index (χ1n) is 6.92. The van der Waals surface area contributed by atoms with E-state index in [-0.39, 0.29) is 5.76 Å². The van der Waals surface area contributed by atoms with Crippen molar-refractivity contribution in [3.63, 3.8) is 0 Å². The van der Waals surface area contributed by atoms with Crippen LogP contribution >= 0.6 is 0 Å². The number of hydrogen-bond acceptors (Lipinski definition) is 3. The van der Waals surface area contributed by atoms with E-state index >= 15 is 0 Å². The molecule has 4 nitrogen and oxygen atoms in total. The molecular formula is C15H23NO3. The zero-order chi connectivity index (χ0) is 14.0. The normalized spacial score (nSPS) is 20.2. The van der Waals surface area contributed by atoms with Crippen LogP contribution in [0.3, 0.4) is 0 Å². The summed E-state index contributed by atoms with van der Waals surface area (Å²) in [6, 6.07) is 1.85. The Labute approximate surface area is 114 Å². The first-order chi connectivity index (χ1) is 8.87. The summed E-state index contributed by atoms with van der Waals surface area (Å²) < 4.78 is 5.43. The summed E-state index contributed by atoms with van der Waals surface area (Å²) in [6.07, 6.45) is 3.62. The number of likely N-dealkylation sites (tertiary alicyclic amines) is 1. The minimum absolute atomic E-state index is 0.0742. The van der Waals surface area contributed by atoms with Gasteiger partial charge in [-0.2, -0.15) is 0 Å². The number of rotatable bonds is 3. The zero-order valence-corrected chi connectivity index (χ0v) is 12.0. The molecule has 0 aliphatic carbocycles.